The summed E-state index contributed by atoms with van der Waals surface area (Å²) in [6.07, 6.45) is 1.74. The Kier molecular flexibility index (Phi) is 8.30. The fourth-order valence-corrected chi connectivity index (χ4v) is 3.90. The number of likely N-dealkylation sites (N-methyl/N-ethyl adjacent to an activating group) is 1. The number of hydrogen-bond acceptors (Lipinski definition) is 6. The zero-order chi connectivity index (χ0) is 22.9. The second-order valence-electron chi connectivity index (χ2n) is 6.89. The van der Waals surface area contributed by atoms with Gasteiger partial charge < -0.3 is 9.64 Å². The third-order valence-corrected chi connectivity index (χ3v) is 5.58. The molecular formula is C25H22N2O3S2. The number of hydrogen-bond donors (Lipinski definition) is 0. The van der Waals surface area contributed by atoms with Crippen LogP contribution in [-0.4, -0.2) is 40.6 Å². The van der Waals surface area contributed by atoms with Crippen molar-refractivity contribution in [3.05, 3.63) is 94.5 Å². The number of rotatable bonds is 8. The average molecular weight is 463 g/mol. The lowest BCUT2D eigenvalue weighted by molar-refractivity contribution is -0.125. The molecule has 0 atom stereocenters. The van der Waals surface area contributed by atoms with Gasteiger partial charge in [0.2, 0.25) is 0 Å². The van der Waals surface area contributed by atoms with Gasteiger partial charge in [0.05, 0.1) is 29.0 Å². The summed E-state index contributed by atoms with van der Waals surface area (Å²) in [5.41, 5.74) is 3.74. The monoisotopic (exact) mass is 462 g/mol. The van der Waals surface area contributed by atoms with Crippen LogP contribution in [-0.2, 0) is 16.1 Å². The first kappa shape index (κ1) is 23.4. The molecule has 0 spiro atoms. The van der Waals surface area contributed by atoms with E-state index in [2.05, 4.69) is 4.98 Å². The van der Waals surface area contributed by atoms with Crippen molar-refractivity contribution in [3.63, 3.8) is 0 Å². The largest absolute Gasteiger partial charge is 0.465 e. The Balaban J connectivity index is 1.83. The Bertz CT molecular complexity index is 1130. The van der Waals surface area contributed by atoms with Gasteiger partial charge in [-0.15, -0.1) is 0 Å². The van der Waals surface area contributed by atoms with Crippen LogP contribution in [0.1, 0.15) is 21.6 Å². The molecule has 0 N–H and O–H groups in total. The zero-order valence-electron chi connectivity index (χ0n) is 17.7. The molecule has 3 aromatic rings. The van der Waals surface area contributed by atoms with Crippen molar-refractivity contribution in [1.29, 1.82) is 0 Å². The summed E-state index contributed by atoms with van der Waals surface area (Å²) >= 11 is 6.19. The molecule has 2 aromatic carbocycles. The third-order valence-electron chi connectivity index (χ3n) is 4.65. The predicted octanol–water partition coefficient (Wildman–Crippen LogP) is 5.23. The Morgan fingerprint density at radius 1 is 1.03 bits per heavy atom. The minimum absolute atomic E-state index is 0.130. The van der Waals surface area contributed by atoms with E-state index in [1.807, 2.05) is 60.7 Å². The van der Waals surface area contributed by atoms with E-state index >= 15 is 0 Å². The molecule has 0 aliphatic carbocycles. The first-order valence-corrected chi connectivity index (χ1v) is 11.1. The molecule has 1 heterocycles. The fourth-order valence-electron chi connectivity index (χ4n) is 3.04. The maximum Gasteiger partial charge on any atom is 0.337 e. The van der Waals surface area contributed by atoms with Gasteiger partial charge in [-0.05, 0) is 35.9 Å². The van der Waals surface area contributed by atoms with Crippen LogP contribution in [0.4, 0.5) is 0 Å². The van der Waals surface area contributed by atoms with Crippen LogP contribution in [0.5, 0.6) is 0 Å². The molecule has 0 saturated carbocycles. The van der Waals surface area contributed by atoms with Crippen LogP contribution >= 0.6 is 24.0 Å². The van der Waals surface area contributed by atoms with Gasteiger partial charge in [0.25, 0.3) is 5.91 Å². The molecule has 0 aliphatic rings. The topological polar surface area (TPSA) is 59.5 Å². The lowest BCUT2D eigenvalue weighted by Crippen LogP contribution is -2.26. The normalized spacial score (nSPS) is 11.0. The standard InChI is InChI=1S/C25H22N2O3S2/c1-27(16-18-7-4-3-5-8-18)24(28)23(32-17-31)15-21-9-6-10-22(26-21)19-11-13-20(14-12-19)25(29)30-2/h3-15,17H,16H2,1-2H3/b23-15-. The van der Waals surface area contributed by atoms with Crippen LogP contribution in [0.3, 0.4) is 0 Å². The molecule has 0 fully saturated rings. The van der Waals surface area contributed by atoms with E-state index in [0.29, 0.717) is 22.7 Å². The highest BCUT2D eigenvalue weighted by Crippen LogP contribution is 2.23. The number of thioether (sulfide) groups is 1. The number of ether oxygens (including phenoxy) is 1. The van der Waals surface area contributed by atoms with Gasteiger partial charge in [0.15, 0.2) is 0 Å². The van der Waals surface area contributed by atoms with Crippen molar-refractivity contribution in [2.45, 2.75) is 6.54 Å². The number of carbonyl (C=O) groups is 2. The molecule has 7 heteroatoms. The summed E-state index contributed by atoms with van der Waals surface area (Å²) in [6.45, 7) is 0.495. The van der Waals surface area contributed by atoms with Crippen molar-refractivity contribution in [3.8, 4) is 11.3 Å². The van der Waals surface area contributed by atoms with E-state index in [1.165, 1.54) is 23.6 Å². The Hall–Kier alpha value is -3.29. The molecule has 0 radical (unpaired) electrons. The highest BCUT2D eigenvalue weighted by molar-refractivity contribution is 8.24. The molecular weight excluding hydrogens is 440 g/mol. The highest BCUT2D eigenvalue weighted by atomic mass is 32.2. The molecule has 0 aliphatic heterocycles. The smallest absolute Gasteiger partial charge is 0.337 e. The van der Waals surface area contributed by atoms with Gasteiger partial charge in [-0.3, -0.25) is 4.79 Å². The maximum absolute atomic E-state index is 13.0. The minimum atomic E-state index is -0.388. The summed E-state index contributed by atoms with van der Waals surface area (Å²) in [7, 11) is 3.11. The quantitative estimate of drug-likeness (QED) is 0.260. The first-order chi connectivity index (χ1) is 15.5. The number of thiocarbonyl (C=S) groups is 1. The van der Waals surface area contributed by atoms with Gasteiger partial charge in [0, 0.05) is 23.9 Å². The fraction of sp³-hybridized carbons (Fsp3) is 0.120. The molecule has 0 unspecified atom stereocenters. The molecule has 3 rings (SSSR count). The van der Waals surface area contributed by atoms with Crippen LogP contribution in [0.2, 0.25) is 0 Å². The van der Waals surface area contributed by atoms with Crippen molar-refractivity contribution >= 4 is 46.6 Å². The number of amides is 1. The maximum atomic E-state index is 13.0. The van der Waals surface area contributed by atoms with Crippen molar-refractivity contribution in [2.75, 3.05) is 14.2 Å². The predicted molar refractivity (Wildman–Crippen MR) is 133 cm³/mol. The summed E-state index contributed by atoms with van der Waals surface area (Å²) in [6, 6.07) is 22.4. The van der Waals surface area contributed by atoms with E-state index < -0.39 is 0 Å². The Morgan fingerprint density at radius 2 is 1.75 bits per heavy atom. The number of benzene rings is 2. The number of carbonyl (C=O) groups excluding carboxylic acids is 2. The minimum Gasteiger partial charge on any atom is -0.465 e. The van der Waals surface area contributed by atoms with Gasteiger partial charge in [-0.2, -0.15) is 0 Å². The average Bonchev–Trinajstić information content (AvgIpc) is 2.83. The summed E-state index contributed by atoms with van der Waals surface area (Å²) in [5.74, 6) is -0.518. The van der Waals surface area contributed by atoms with E-state index in [1.54, 1.807) is 30.2 Å². The molecule has 5 nitrogen and oxygen atoms in total. The SMILES string of the molecule is COC(=O)c1ccc(-c2cccc(/C=C(\SC=S)C(=O)N(C)Cc3ccccc3)n2)cc1. The van der Waals surface area contributed by atoms with E-state index in [-0.39, 0.29) is 11.9 Å². The lowest BCUT2D eigenvalue weighted by atomic mass is 10.1. The number of methoxy groups -OCH3 is 1. The van der Waals surface area contributed by atoms with Gasteiger partial charge in [0.1, 0.15) is 0 Å². The van der Waals surface area contributed by atoms with Gasteiger partial charge >= 0.3 is 5.97 Å². The number of aromatic nitrogens is 1. The highest BCUT2D eigenvalue weighted by Gasteiger charge is 2.16. The number of esters is 1. The molecule has 1 amide bonds. The van der Waals surface area contributed by atoms with Crippen molar-refractivity contribution in [2.24, 2.45) is 0 Å². The third kappa shape index (κ3) is 6.12. The Morgan fingerprint density at radius 3 is 2.41 bits per heavy atom. The second kappa shape index (κ2) is 11.4. The molecule has 0 bridgehead atoms. The van der Waals surface area contributed by atoms with Crippen LogP contribution in [0.25, 0.3) is 17.3 Å². The first-order valence-electron chi connectivity index (χ1n) is 9.79. The van der Waals surface area contributed by atoms with E-state index in [4.69, 9.17) is 17.0 Å². The number of pyridine rings is 1. The van der Waals surface area contributed by atoms with Crippen LogP contribution in [0.15, 0.2) is 77.7 Å². The Labute approximate surface area is 197 Å². The molecule has 1 aromatic heterocycles. The number of nitrogens with zero attached hydrogens (tertiary/aromatic N) is 2. The van der Waals surface area contributed by atoms with Crippen LogP contribution in [0, 0.1) is 0 Å². The van der Waals surface area contributed by atoms with Crippen molar-refractivity contribution in [1.82, 2.24) is 9.88 Å². The zero-order valence-corrected chi connectivity index (χ0v) is 19.4. The van der Waals surface area contributed by atoms with E-state index in [0.717, 1.165) is 16.8 Å². The lowest BCUT2D eigenvalue weighted by Gasteiger charge is -2.18. The van der Waals surface area contributed by atoms with E-state index in [9.17, 15) is 9.59 Å². The molecule has 162 valence electrons. The van der Waals surface area contributed by atoms with Gasteiger partial charge in [-0.25, -0.2) is 9.78 Å². The summed E-state index contributed by atoms with van der Waals surface area (Å²) < 4.78 is 6.20. The molecule has 0 saturated heterocycles. The second-order valence-corrected chi connectivity index (χ2v) is 8.33. The van der Waals surface area contributed by atoms with Gasteiger partial charge in [-0.1, -0.05) is 72.5 Å². The summed E-state index contributed by atoms with van der Waals surface area (Å²) in [5, 5.41) is 0. The summed E-state index contributed by atoms with van der Waals surface area (Å²) in [4.78, 5) is 31.5. The molecule has 32 heavy (non-hydrogen) atoms. The van der Waals surface area contributed by atoms with Crippen molar-refractivity contribution < 1.29 is 14.3 Å². The van der Waals surface area contributed by atoms with Crippen LogP contribution < -0.4 is 0 Å².